The van der Waals surface area contributed by atoms with Crippen LogP contribution in [0, 0.1) is 24.0 Å². The summed E-state index contributed by atoms with van der Waals surface area (Å²) in [6, 6.07) is -0.634. The molecule has 0 aliphatic rings. The molecule has 1 N–H and O–H groups in total. The lowest BCUT2D eigenvalue weighted by Gasteiger charge is -2.13. The van der Waals surface area contributed by atoms with E-state index in [1.165, 1.54) is 4.68 Å². The van der Waals surface area contributed by atoms with E-state index in [0.29, 0.717) is 12.2 Å². The summed E-state index contributed by atoms with van der Waals surface area (Å²) in [4.78, 5) is 22.6. The number of nitro groups is 1. The Hall–Kier alpha value is -2.71. The zero-order chi connectivity index (χ0) is 17.1. The van der Waals surface area contributed by atoms with Crippen molar-refractivity contribution < 1.29 is 9.72 Å². The molecule has 0 fully saturated rings. The first kappa shape index (κ1) is 16.7. The van der Waals surface area contributed by atoms with Crippen molar-refractivity contribution in [3.8, 4) is 0 Å². The van der Waals surface area contributed by atoms with Crippen molar-refractivity contribution >= 4 is 11.6 Å². The molecule has 124 valence electrons. The Morgan fingerprint density at radius 3 is 2.70 bits per heavy atom. The van der Waals surface area contributed by atoms with Crippen LogP contribution in [0.25, 0.3) is 0 Å². The van der Waals surface area contributed by atoms with Crippen molar-refractivity contribution in [2.75, 3.05) is 0 Å². The van der Waals surface area contributed by atoms with Gasteiger partial charge in [0.05, 0.1) is 10.6 Å². The van der Waals surface area contributed by atoms with Crippen LogP contribution < -0.4 is 5.32 Å². The number of hydrogen-bond acceptors (Lipinski definition) is 5. The predicted molar refractivity (Wildman–Crippen MR) is 82.8 cm³/mol. The summed E-state index contributed by atoms with van der Waals surface area (Å²) in [6.45, 7) is 8.23. The number of aromatic nitrogens is 4. The first-order chi connectivity index (χ1) is 10.8. The van der Waals surface area contributed by atoms with Crippen molar-refractivity contribution in [2.24, 2.45) is 0 Å². The van der Waals surface area contributed by atoms with E-state index in [9.17, 15) is 14.9 Å². The second-order valence-electron chi connectivity index (χ2n) is 5.31. The van der Waals surface area contributed by atoms with Gasteiger partial charge in [-0.3, -0.25) is 24.3 Å². The minimum absolute atomic E-state index is 0.0929. The van der Waals surface area contributed by atoms with E-state index in [1.807, 2.05) is 20.0 Å². The van der Waals surface area contributed by atoms with E-state index in [4.69, 9.17) is 0 Å². The standard InChI is InChI=1S/C14H20N6O3/c1-5-18-8-12(9(2)17-18)6-15-14(21)11(4)19-10(3)13(7-16-19)20(22)23/h7-8,11H,5-6H2,1-4H3,(H,15,21). The van der Waals surface area contributed by atoms with E-state index in [2.05, 4.69) is 15.5 Å². The molecule has 2 aromatic heterocycles. The number of nitrogens with zero attached hydrogens (tertiary/aromatic N) is 5. The van der Waals surface area contributed by atoms with Gasteiger partial charge >= 0.3 is 5.69 Å². The Morgan fingerprint density at radius 2 is 2.17 bits per heavy atom. The number of carbonyl (C=O) groups excluding carboxylic acids is 1. The zero-order valence-corrected chi connectivity index (χ0v) is 13.6. The molecule has 1 unspecified atom stereocenters. The molecule has 1 amide bonds. The Morgan fingerprint density at radius 1 is 1.48 bits per heavy atom. The average molecular weight is 320 g/mol. The summed E-state index contributed by atoms with van der Waals surface area (Å²) in [5.41, 5.74) is 2.07. The van der Waals surface area contributed by atoms with Crippen LogP contribution in [0.1, 0.15) is 36.8 Å². The molecule has 0 bridgehead atoms. The molecule has 9 nitrogen and oxygen atoms in total. The Labute approximate surface area is 133 Å². The fourth-order valence-corrected chi connectivity index (χ4v) is 2.32. The molecule has 1 atom stereocenters. The quantitative estimate of drug-likeness (QED) is 0.641. The van der Waals surface area contributed by atoms with E-state index in [-0.39, 0.29) is 11.6 Å². The minimum Gasteiger partial charge on any atom is -0.350 e. The first-order valence-electron chi connectivity index (χ1n) is 7.34. The van der Waals surface area contributed by atoms with Gasteiger partial charge in [-0.2, -0.15) is 10.2 Å². The van der Waals surface area contributed by atoms with Crippen LogP contribution in [0.4, 0.5) is 5.69 Å². The Balaban J connectivity index is 2.05. The Bertz CT molecular complexity index is 733. The van der Waals surface area contributed by atoms with Crippen LogP contribution >= 0.6 is 0 Å². The highest BCUT2D eigenvalue weighted by atomic mass is 16.6. The van der Waals surface area contributed by atoms with Gasteiger partial charge in [-0.1, -0.05) is 0 Å². The van der Waals surface area contributed by atoms with Crippen LogP contribution in [0.15, 0.2) is 12.4 Å². The molecule has 2 heterocycles. The van der Waals surface area contributed by atoms with E-state index in [1.54, 1.807) is 18.5 Å². The second-order valence-corrected chi connectivity index (χ2v) is 5.31. The fraction of sp³-hybridized carbons (Fsp3) is 0.500. The molecule has 0 saturated carbocycles. The first-order valence-corrected chi connectivity index (χ1v) is 7.34. The highest BCUT2D eigenvalue weighted by Crippen LogP contribution is 2.20. The molecule has 0 aliphatic heterocycles. The fourth-order valence-electron chi connectivity index (χ4n) is 2.32. The summed E-state index contributed by atoms with van der Waals surface area (Å²) >= 11 is 0. The summed E-state index contributed by atoms with van der Waals surface area (Å²) < 4.78 is 3.16. The third-order valence-corrected chi connectivity index (χ3v) is 3.79. The van der Waals surface area contributed by atoms with Crippen molar-refractivity contribution in [1.29, 1.82) is 0 Å². The lowest BCUT2D eigenvalue weighted by molar-refractivity contribution is -0.385. The van der Waals surface area contributed by atoms with Crippen LogP contribution in [-0.2, 0) is 17.9 Å². The summed E-state index contributed by atoms with van der Waals surface area (Å²) in [5, 5.41) is 21.9. The monoisotopic (exact) mass is 320 g/mol. The molecule has 0 radical (unpaired) electrons. The second kappa shape index (κ2) is 6.59. The van der Waals surface area contributed by atoms with Gasteiger partial charge < -0.3 is 5.32 Å². The largest absolute Gasteiger partial charge is 0.350 e. The van der Waals surface area contributed by atoms with Gasteiger partial charge in [0.25, 0.3) is 0 Å². The molecule has 0 saturated heterocycles. The van der Waals surface area contributed by atoms with Gasteiger partial charge in [-0.15, -0.1) is 0 Å². The van der Waals surface area contributed by atoms with Gasteiger partial charge in [0.1, 0.15) is 17.9 Å². The molecule has 2 aromatic rings. The van der Waals surface area contributed by atoms with Crippen molar-refractivity contribution in [1.82, 2.24) is 24.9 Å². The molecule has 0 spiro atoms. The summed E-state index contributed by atoms with van der Waals surface area (Å²) in [5.74, 6) is -0.255. The van der Waals surface area contributed by atoms with Crippen LogP contribution in [0.2, 0.25) is 0 Å². The molecular formula is C14H20N6O3. The number of carbonyl (C=O) groups is 1. The van der Waals surface area contributed by atoms with Crippen molar-refractivity contribution in [3.63, 3.8) is 0 Å². The number of rotatable bonds is 6. The maximum absolute atomic E-state index is 12.3. The third kappa shape index (κ3) is 3.38. The average Bonchev–Trinajstić information content (AvgIpc) is 3.06. The smallest absolute Gasteiger partial charge is 0.309 e. The van der Waals surface area contributed by atoms with E-state index >= 15 is 0 Å². The highest BCUT2D eigenvalue weighted by Gasteiger charge is 2.23. The van der Waals surface area contributed by atoms with E-state index in [0.717, 1.165) is 24.0 Å². The number of nitrogens with one attached hydrogen (secondary N) is 1. The van der Waals surface area contributed by atoms with Gasteiger partial charge in [-0.05, 0) is 27.7 Å². The van der Waals surface area contributed by atoms with Gasteiger partial charge in [0.15, 0.2) is 0 Å². The number of aryl methyl sites for hydroxylation is 2. The van der Waals surface area contributed by atoms with Crippen molar-refractivity contribution in [3.05, 3.63) is 39.5 Å². The zero-order valence-electron chi connectivity index (χ0n) is 13.6. The normalized spacial score (nSPS) is 12.2. The summed E-state index contributed by atoms with van der Waals surface area (Å²) in [6.07, 6.45) is 3.05. The molecule has 23 heavy (non-hydrogen) atoms. The molecular weight excluding hydrogens is 300 g/mol. The van der Waals surface area contributed by atoms with Crippen LogP contribution in [0.3, 0.4) is 0 Å². The maximum Gasteiger partial charge on any atom is 0.309 e. The Kier molecular flexibility index (Phi) is 4.77. The van der Waals surface area contributed by atoms with Gasteiger partial charge in [0.2, 0.25) is 5.91 Å². The molecule has 0 aromatic carbocycles. The lowest BCUT2D eigenvalue weighted by atomic mass is 10.2. The third-order valence-electron chi connectivity index (χ3n) is 3.79. The van der Waals surface area contributed by atoms with E-state index < -0.39 is 11.0 Å². The van der Waals surface area contributed by atoms with Gasteiger partial charge in [0, 0.05) is 24.8 Å². The molecule has 9 heteroatoms. The van der Waals surface area contributed by atoms with Crippen molar-refractivity contribution in [2.45, 2.75) is 46.8 Å². The number of amides is 1. The summed E-state index contributed by atoms with van der Waals surface area (Å²) in [7, 11) is 0. The molecule has 2 rings (SSSR count). The highest BCUT2D eigenvalue weighted by molar-refractivity contribution is 5.80. The van der Waals surface area contributed by atoms with Crippen LogP contribution in [-0.4, -0.2) is 30.4 Å². The molecule has 0 aliphatic carbocycles. The minimum atomic E-state index is -0.634. The lowest BCUT2D eigenvalue weighted by Crippen LogP contribution is -2.31. The van der Waals surface area contributed by atoms with Crippen LogP contribution in [0.5, 0.6) is 0 Å². The number of hydrogen-bond donors (Lipinski definition) is 1. The SMILES string of the molecule is CCn1cc(CNC(=O)C(C)n2ncc([N+](=O)[O-])c2C)c(C)n1. The van der Waals surface area contributed by atoms with Gasteiger partial charge in [-0.25, -0.2) is 0 Å². The predicted octanol–water partition coefficient (Wildman–Crippen LogP) is 1.50. The maximum atomic E-state index is 12.3. The topological polar surface area (TPSA) is 108 Å².